The highest BCUT2D eigenvalue weighted by atomic mass is 32.2. The fourth-order valence-electron chi connectivity index (χ4n) is 2.96. The summed E-state index contributed by atoms with van der Waals surface area (Å²) in [5.74, 6) is 0.668. The Morgan fingerprint density at radius 1 is 0.917 bits per heavy atom. The van der Waals surface area contributed by atoms with Crippen molar-refractivity contribution < 1.29 is 13.2 Å². The second-order valence-electron chi connectivity index (χ2n) is 5.47. The van der Waals surface area contributed by atoms with Gasteiger partial charge in [0.05, 0.1) is 17.7 Å². The van der Waals surface area contributed by atoms with Crippen molar-refractivity contribution in [2.75, 3.05) is 7.11 Å². The largest absolute Gasteiger partial charge is 0.497 e. The molecule has 6 heteroatoms. The fourth-order valence-corrected chi connectivity index (χ4v) is 4.56. The van der Waals surface area contributed by atoms with Crippen molar-refractivity contribution in [2.24, 2.45) is 0 Å². The summed E-state index contributed by atoms with van der Waals surface area (Å²) < 4.78 is 31.2. The van der Waals surface area contributed by atoms with E-state index >= 15 is 0 Å². The summed E-state index contributed by atoms with van der Waals surface area (Å²) in [6, 6.07) is 17.0. The molecule has 0 N–H and O–H groups in total. The maximum atomic E-state index is 12.6. The van der Waals surface area contributed by atoms with Gasteiger partial charge in [0, 0.05) is 11.6 Å². The average molecular weight is 339 g/mol. The molecule has 3 aromatic rings. The first kappa shape index (κ1) is 14.7. The molecule has 120 valence electrons. The van der Waals surface area contributed by atoms with E-state index in [4.69, 9.17) is 4.74 Å². The molecule has 0 saturated heterocycles. The van der Waals surface area contributed by atoms with Crippen LogP contribution in [0.3, 0.4) is 0 Å². The molecule has 5 nitrogen and oxygen atoms in total. The Bertz CT molecular complexity index is 1130. The van der Waals surface area contributed by atoms with E-state index in [2.05, 4.69) is 0 Å². The van der Waals surface area contributed by atoms with Crippen LogP contribution < -0.4 is 10.3 Å². The lowest BCUT2D eigenvalue weighted by molar-refractivity contribution is 0.415. The van der Waals surface area contributed by atoms with Crippen molar-refractivity contribution in [2.45, 2.75) is 4.90 Å². The Labute approximate surface area is 138 Å². The number of benzene rings is 2. The van der Waals surface area contributed by atoms with E-state index in [0.29, 0.717) is 22.6 Å². The van der Waals surface area contributed by atoms with Crippen LogP contribution in [0, 0.1) is 0 Å². The molecule has 1 aliphatic heterocycles. The SMILES string of the molecule is COc1cccc(-c2cc3n(c(=O)c2)S(=O)(=O)c2ccccc2-3)c1. The highest BCUT2D eigenvalue weighted by molar-refractivity contribution is 7.90. The van der Waals surface area contributed by atoms with Gasteiger partial charge in [0.1, 0.15) is 5.75 Å². The fraction of sp³-hybridized carbons (Fsp3) is 0.0556. The molecule has 0 fully saturated rings. The molecule has 4 rings (SSSR count). The van der Waals surface area contributed by atoms with Gasteiger partial charge in [-0.05, 0) is 35.4 Å². The van der Waals surface area contributed by atoms with Gasteiger partial charge in [-0.2, -0.15) is 3.97 Å². The zero-order valence-corrected chi connectivity index (χ0v) is 13.6. The molecular formula is C18H13NO4S. The Hall–Kier alpha value is -2.86. The Morgan fingerprint density at radius 3 is 2.50 bits per heavy atom. The lowest BCUT2D eigenvalue weighted by Crippen LogP contribution is -2.24. The topological polar surface area (TPSA) is 65.4 Å². The van der Waals surface area contributed by atoms with Crippen molar-refractivity contribution in [3.63, 3.8) is 0 Å². The summed E-state index contributed by atoms with van der Waals surface area (Å²) in [4.78, 5) is 12.7. The third-order valence-corrected chi connectivity index (χ3v) is 5.84. The van der Waals surface area contributed by atoms with Gasteiger partial charge in [-0.3, -0.25) is 4.79 Å². The lowest BCUT2D eigenvalue weighted by Gasteiger charge is -2.08. The summed E-state index contributed by atoms with van der Waals surface area (Å²) in [6.45, 7) is 0. The van der Waals surface area contributed by atoms with Crippen LogP contribution in [0.4, 0.5) is 0 Å². The minimum Gasteiger partial charge on any atom is -0.497 e. The molecule has 0 radical (unpaired) electrons. The van der Waals surface area contributed by atoms with Crippen LogP contribution in [0.25, 0.3) is 22.4 Å². The predicted octanol–water partition coefficient (Wildman–Crippen LogP) is 2.74. The number of rotatable bonds is 2. The van der Waals surface area contributed by atoms with Crippen molar-refractivity contribution in [3.8, 4) is 28.1 Å². The summed E-state index contributed by atoms with van der Waals surface area (Å²) in [7, 11) is -2.26. The average Bonchev–Trinajstić information content (AvgIpc) is 2.83. The molecule has 0 atom stereocenters. The number of pyridine rings is 1. The van der Waals surface area contributed by atoms with Gasteiger partial charge in [-0.1, -0.05) is 30.3 Å². The van der Waals surface area contributed by atoms with Crippen LogP contribution in [0.1, 0.15) is 0 Å². The third kappa shape index (κ3) is 2.00. The van der Waals surface area contributed by atoms with Crippen LogP contribution in [-0.4, -0.2) is 19.5 Å². The van der Waals surface area contributed by atoms with E-state index in [1.54, 1.807) is 37.4 Å². The quantitative estimate of drug-likeness (QED) is 0.563. The second kappa shape index (κ2) is 5.07. The van der Waals surface area contributed by atoms with Crippen molar-refractivity contribution in [1.82, 2.24) is 3.97 Å². The minimum absolute atomic E-state index is 0.157. The van der Waals surface area contributed by atoms with Crippen LogP contribution in [-0.2, 0) is 10.0 Å². The maximum absolute atomic E-state index is 12.6. The zero-order valence-electron chi connectivity index (χ0n) is 12.8. The molecule has 24 heavy (non-hydrogen) atoms. The molecule has 0 bridgehead atoms. The smallest absolute Gasteiger partial charge is 0.271 e. The van der Waals surface area contributed by atoms with E-state index < -0.39 is 15.6 Å². The van der Waals surface area contributed by atoms with Gasteiger partial charge >= 0.3 is 0 Å². The summed E-state index contributed by atoms with van der Waals surface area (Å²) in [5.41, 5.74) is 1.80. The first-order chi connectivity index (χ1) is 11.5. The van der Waals surface area contributed by atoms with Crippen molar-refractivity contribution in [3.05, 3.63) is 71.0 Å². The normalized spacial score (nSPS) is 14.0. The summed E-state index contributed by atoms with van der Waals surface area (Å²) in [5, 5.41) is 0. The number of aromatic nitrogens is 1. The number of nitrogens with zero attached hydrogens (tertiary/aromatic N) is 1. The number of hydrogen-bond acceptors (Lipinski definition) is 4. The van der Waals surface area contributed by atoms with E-state index in [9.17, 15) is 13.2 Å². The van der Waals surface area contributed by atoms with E-state index in [1.807, 2.05) is 18.2 Å². The van der Waals surface area contributed by atoms with Gasteiger partial charge in [-0.25, -0.2) is 8.42 Å². The molecule has 1 aliphatic rings. The number of ether oxygens (including phenoxy) is 1. The highest BCUT2D eigenvalue weighted by Crippen LogP contribution is 2.37. The Kier molecular flexibility index (Phi) is 3.11. The molecular weight excluding hydrogens is 326 g/mol. The van der Waals surface area contributed by atoms with Crippen LogP contribution in [0.15, 0.2) is 70.4 Å². The monoisotopic (exact) mass is 339 g/mol. The third-order valence-electron chi connectivity index (χ3n) is 4.07. The maximum Gasteiger partial charge on any atom is 0.271 e. The van der Waals surface area contributed by atoms with Gasteiger partial charge < -0.3 is 4.74 Å². The van der Waals surface area contributed by atoms with Gasteiger partial charge in [0.25, 0.3) is 15.6 Å². The van der Waals surface area contributed by atoms with Gasteiger partial charge in [0.15, 0.2) is 0 Å². The standard InChI is InChI=1S/C18H13NO4S/c1-23-14-6-4-5-12(9-14)13-10-16-15-7-2-3-8-17(15)24(21,22)19(16)18(20)11-13/h2-11H,1H3. The molecule has 0 saturated carbocycles. The van der Waals surface area contributed by atoms with Crippen molar-refractivity contribution >= 4 is 10.0 Å². The molecule has 0 unspecified atom stereocenters. The molecule has 2 heterocycles. The lowest BCUT2D eigenvalue weighted by atomic mass is 10.0. The number of methoxy groups -OCH3 is 1. The molecule has 1 aromatic heterocycles. The Morgan fingerprint density at radius 2 is 1.71 bits per heavy atom. The Balaban J connectivity index is 2.02. The van der Waals surface area contributed by atoms with Crippen LogP contribution >= 0.6 is 0 Å². The van der Waals surface area contributed by atoms with Gasteiger partial charge in [-0.15, -0.1) is 0 Å². The first-order valence-corrected chi connectivity index (χ1v) is 8.73. The zero-order chi connectivity index (χ0) is 16.9. The molecule has 0 aliphatic carbocycles. The van der Waals surface area contributed by atoms with E-state index in [-0.39, 0.29) is 4.90 Å². The van der Waals surface area contributed by atoms with Gasteiger partial charge in [0.2, 0.25) is 0 Å². The summed E-state index contributed by atoms with van der Waals surface area (Å²) in [6.07, 6.45) is 0. The number of fused-ring (bicyclic) bond motifs is 3. The highest BCUT2D eigenvalue weighted by Gasteiger charge is 2.33. The first-order valence-electron chi connectivity index (χ1n) is 7.29. The second-order valence-corrected chi connectivity index (χ2v) is 7.22. The number of hydrogen-bond donors (Lipinski definition) is 0. The van der Waals surface area contributed by atoms with E-state index in [1.165, 1.54) is 12.1 Å². The summed E-state index contributed by atoms with van der Waals surface area (Å²) >= 11 is 0. The molecule has 0 amide bonds. The van der Waals surface area contributed by atoms with Crippen molar-refractivity contribution in [1.29, 1.82) is 0 Å². The minimum atomic E-state index is -3.83. The molecule has 2 aromatic carbocycles. The van der Waals surface area contributed by atoms with Crippen LogP contribution in [0.2, 0.25) is 0 Å². The van der Waals surface area contributed by atoms with E-state index in [0.717, 1.165) is 9.54 Å². The predicted molar refractivity (Wildman–Crippen MR) is 90.7 cm³/mol. The van der Waals surface area contributed by atoms with Crippen LogP contribution in [0.5, 0.6) is 5.75 Å². The molecule has 0 spiro atoms.